The third-order valence-electron chi connectivity index (χ3n) is 19.6. The number of aliphatic hydroxyl groups is 6. The quantitative estimate of drug-likeness (QED) is 0.0380. The van der Waals surface area contributed by atoms with E-state index in [2.05, 4.69) is 43.8 Å². The van der Waals surface area contributed by atoms with Crippen LogP contribution in [0.25, 0.3) is 11.1 Å². The first kappa shape index (κ1) is 83.0. The van der Waals surface area contributed by atoms with Crippen LogP contribution in [0.5, 0.6) is 51.7 Å². The lowest BCUT2D eigenvalue weighted by Crippen LogP contribution is -2.65. The number of amides is 7. The van der Waals surface area contributed by atoms with Crippen LogP contribution in [0.15, 0.2) is 116 Å². The Morgan fingerprint density at radius 1 is 0.726 bits per heavy atom. The van der Waals surface area contributed by atoms with E-state index in [0.717, 1.165) is 72.3 Å². The zero-order chi connectivity index (χ0) is 81.8. The highest BCUT2D eigenvalue weighted by Gasteiger charge is 2.52. The molecule has 0 aromatic heterocycles. The van der Waals surface area contributed by atoms with Gasteiger partial charge in [0.15, 0.2) is 23.9 Å². The molecule has 0 saturated carbocycles. The molecule has 0 aliphatic carbocycles. The molecule has 7 heterocycles. The minimum absolute atomic E-state index is 0.122. The molecule has 7 amide bonds. The standard InChI is InChI=1S/C75H81Cl2N9O27/c1-4-5-17-107-37-8-6-7-31(18-37)28-80-75(3)27-53(108-30(2)66(75)98)112-65-63(97)62(96)50(29-87)111-74(65)113-64-48-22-35-23-49(64)110-47-15-11-34(21-41(47)77)61(95)59-72(104)85-58(71(103)81-42(73(105)106)12-16-52(92)93)39-24-36(88)25-45(90)54(39)38-19-32(9-13-44(38)89)56(69(101)86-59)84-70(102)57(35)83-67(99)43(26-51(78)91)82-68(100)55(79)60(94)33-10-14-46(109-48)40(76)20-33/h4,6-11,13-15,18-25,30,42-43,50,53,55-63,65-66,74,80,87-90,94-98H,1,5,12,16-17,26-29,79H2,2-3H3,(H2,78,91)(H,81,103)(H,82,100)(H,83,99)(H,84,102)(H,85,104)(H,86,101)(H,92,93)(H,105,106)/t30-,42-,43-,50+,53-,55+,56+,57+,58-,59-,60+,61+,62+,63-,65+,66+,74-,75-/m0/s1. The predicted octanol–water partition coefficient (Wildman–Crippen LogP) is 1.45. The van der Waals surface area contributed by atoms with Crippen LogP contribution in [-0.2, 0) is 63.9 Å². The highest BCUT2D eigenvalue weighted by molar-refractivity contribution is 6.32. The van der Waals surface area contributed by atoms with Crippen LogP contribution in [0, 0.1) is 0 Å². The largest absolute Gasteiger partial charge is 0.508 e. The van der Waals surface area contributed by atoms with Crippen LogP contribution >= 0.6 is 23.2 Å². The number of carbonyl (C=O) groups excluding carboxylic acids is 7. The van der Waals surface area contributed by atoms with Gasteiger partial charge in [0.1, 0.15) is 107 Å². The number of halogens is 2. The molecule has 13 rings (SSSR count). The molecule has 602 valence electrons. The third kappa shape index (κ3) is 18.6. The molecule has 36 nitrogen and oxygen atoms in total. The molecule has 0 radical (unpaired) electrons. The van der Waals surface area contributed by atoms with E-state index < -0.39 is 261 Å². The van der Waals surface area contributed by atoms with E-state index in [1.807, 2.05) is 6.07 Å². The van der Waals surface area contributed by atoms with Crippen molar-refractivity contribution in [3.8, 4) is 62.9 Å². The molecule has 2 saturated heterocycles. The summed E-state index contributed by atoms with van der Waals surface area (Å²) in [5, 5.41) is 142. The van der Waals surface area contributed by atoms with E-state index in [1.165, 1.54) is 12.1 Å². The molecule has 113 heavy (non-hydrogen) atoms. The maximum atomic E-state index is 16.1. The number of carbonyl (C=O) groups is 9. The van der Waals surface area contributed by atoms with Gasteiger partial charge in [-0.15, -0.1) is 6.58 Å². The third-order valence-corrected chi connectivity index (χ3v) is 20.2. The van der Waals surface area contributed by atoms with Crippen molar-refractivity contribution in [1.29, 1.82) is 0 Å². The second kappa shape index (κ2) is 35.0. The summed E-state index contributed by atoms with van der Waals surface area (Å²) in [6, 6.07) is 5.03. The summed E-state index contributed by atoms with van der Waals surface area (Å²) in [4.78, 5) is 128. The van der Waals surface area contributed by atoms with E-state index in [9.17, 15) is 80.1 Å². The van der Waals surface area contributed by atoms with Crippen LogP contribution in [-0.4, -0.2) is 202 Å². The van der Waals surface area contributed by atoms with Crippen molar-refractivity contribution >= 4 is 76.5 Å². The van der Waals surface area contributed by atoms with Crippen LogP contribution in [0.2, 0.25) is 10.0 Å². The fourth-order valence-electron chi connectivity index (χ4n) is 13.5. The van der Waals surface area contributed by atoms with Gasteiger partial charge in [0.2, 0.25) is 53.4 Å². The van der Waals surface area contributed by atoms with Crippen LogP contribution < -0.4 is 67.6 Å². The molecule has 18 atom stereocenters. The number of carboxylic acid groups (broad SMARTS) is 2. The second-order valence-corrected chi connectivity index (χ2v) is 28.4. The lowest BCUT2D eigenvalue weighted by molar-refractivity contribution is -0.334. The van der Waals surface area contributed by atoms with Crippen molar-refractivity contribution in [3.63, 3.8) is 0 Å². The number of phenols is 3. The Morgan fingerprint density at radius 2 is 1.37 bits per heavy atom. The molecular formula is C75H81Cl2N9O27. The number of aliphatic carboxylic acids is 2. The minimum atomic E-state index is -2.41. The SMILES string of the molecule is C=CCCOc1cccc(CN[C@@]2(C)C[C@H](O[C@H]3[C@H](Oc4c5cc6cc4Oc4ccc(cc4Cl)[C@@H](O)[C@@H](N)C(=O)N[C@@H](CC(N)=O)C(=O)N[C@H]6C(=O)N[C@H]4C(=O)N[C@H](C(=O)N[C@H](C(=O)N[C@@H](CCC(=O)O)C(=O)O)c6cc(O)cc(O)c6-c6cc4ccc6O)[C@H](O)c4ccc(c(Cl)c4)O5)O[C@H](CO)[C@@H](O)[C@@H]3O)O[C@@H](C)[C@H]2O)c1. The number of phenolic OH excluding ortho intramolecular Hbond substituents is 3. The molecule has 6 aromatic carbocycles. The summed E-state index contributed by atoms with van der Waals surface area (Å²) in [5.41, 5.74) is 8.30. The first-order chi connectivity index (χ1) is 53.6. The number of nitrogens with one attached hydrogen (secondary N) is 7. The number of primary amides is 1. The van der Waals surface area contributed by atoms with Gasteiger partial charge < -0.3 is 138 Å². The summed E-state index contributed by atoms with van der Waals surface area (Å²) < 4.78 is 45.0. The van der Waals surface area contributed by atoms with E-state index in [1.54, 1.807) is 38.1 Å². The van der Waals surface area contributed by atoms with Gasteiger partial charge in [0.05, 0.1) is 41.9 Å². The van der Waals surface area contributed by atoms with E-state index >= 15 is 19.2 Å². The second-order valence-electron chi connectivity index (χ2n) is 27.6. The lowest BCUT2D eigenvalue weighted by atomic mass is 9.84. The highest BCUT2D eigenvalue weighted by atomic mass is 35.5. The van der Waals surface area contributed by atoms with Gasteiger partial charge in [-0.1, -0.05) is 59.6 Å². The molecule has 22 N–H and O–H groups in total. The molecule has 7 aliphatic rings. The molecule has 6 aromatic rings. The molecule has 0 spiro atoms. The molecule has 11 bridgehead atoms. The Balaban J connectivity index is 1.10. The zero-order valence-electron chi connectivity index (χ0n) is 59.9. The van der Waals surface area contributed by atoms with E-state index in [4.69, 9.17) is 67.8 Å². The number of fused-ring (bicyclic) bond motifs is 15. The molecule has 0 unspecified atom stereocenters. The molecular weight excluding hydrogens is 1530 g/mol. The smallest absolute Gasteiger partial charge is 0.326 e. The van der Waals surface area contributed by atoms with Crippen LogP contribution in [0.3, 0.4) is 0 Å². The molecule has 7 aliphatic heterocycles. The van der Waals surface area contributed by atoms with Gasteiger partial charge in [-0.2, -0.15) is 0 Å². The van der Waals surface area contributed by atoms with Crippen molar-refractivity contribution in [2.24, 2.45) is 11.5 Å². The van der Waals surface area contributed by atoms with Gasteiger partial charge in [0, 0.05) is 42.1 Å². The van der Waals surface area contributed by atoms with E-state index in [0.29, 0.717) is 18.8 Å². The number of aromatic hydroxyl groups is 3. The number of rotatable bonds is 20. The first-order valence-corrected chi connectivity index (χ1v) is 35.9. The lowest BCUT2D eigenvalue weighted by Gasteiger charge is -2.48. The summed E-state index contributed by atoms with van der Waals surface area (Å²) in [5.74, 6) is -17.8. The van der Waals surface area contributed by atoms with Crippen LogP contribution in [0.4, 0.5) is 0 Å². The average Bonchev–Trinajstić information content (AvgIpc) is 0.772. The normalized spacial score (nSPS) is 27.4. The molecule has 2 fully saturated rings. The van der Waals surface area contributed by atoms with Gasteiger partial charge in [-0.05, 0) is 127 Å². The van der Waals surface area contributed by atoms with Gasteiger partial charge in [-0.3, -0.25) is 38.4 Å². The van der Waals surface area contributed by atoms with Crippen molar-refractivity contribution < 1.29 is 132 Å². The Labute approximate surface area is 651 Å². The maximum absolute atomic E-state index is 16.1. The summed E-state index contributed by atoms with van der Waals surface area (Å²) in [6.07, 6.45) is -18.2. The number of nitrogens with two attached hydrogens (primary N) is 2. The Morgan fingerprint density at radius 3 is 2.01 bits per heavy atom. The summed E-state index contributed by atoms with van der Waals surface area (Å²) >= 11 is 14.1. The minimum Gasteiger partial charge on any atom is -0.508 e. The number of ether oxygens (including phenoxy) is 7. The number of hydrogen-bond acceptors (Lipinski definition) is 27. The summed E-state index contributed by atoms with van der Waals surface area (Å²) in [7, 11) is 0. The van der Waals surface area contributed by atoms with Crippen LogP contribution in [0.1, 0.15) is 110 Å². The highest BCUT2D eigenvalue weighted by Crippen LogP contribution is 2.50. The Kier molecular flexibility index (Phi) is 25.7. The van der Waals surface area contributed by atoms with Crippen molar-refractivity contribution in [1.82, 2.24) is 37.2 Å². The number of aliphatic hydroxyl groups excluding tert-OH is 6. The number of benzene rings is 6. The topological polar surface area (TPSA) is 577 Å². The zero-order valence-corrected chi connectivity index (χ0v) is 61.4. The fourth-order valence-corrected chi connectivity index (χ4v) is 14.0. The van der Waals surface area contributed by atoms with Gasteiger partial charge in [-0.25, -0.2) is 4.79 Å². The van der Waals surface area contributed by atoms with Crippen molar-refractivity contribution in [2.45, 2.75) is 162 Å². The Hall–Kier alpha value is -11.0. The van der Waals surface area contributed by atoms with Crippen molar-refractivity contribution in [2.75, 3.05) is 13.2 Å². The monoisotopic (exact) mass is 1610 g/mol. The van der Waals surface area contributed by atoms with Gasteiger partial charge in [0.25, 0.3) is 0 Å². The summed E-state index contributed by atoms with van der Waals surface area (Å²) in [6.45, 7) is 6.51. The first-order valence-electron chi connectivity index (χ1n) is 35.2. The predicted molar refractivity (Wildman–Crippen MR) is 391 cm³/mol. The maximum Gasteiger partial charge on any atom is 0.326 e. The average molecular weight is 1610 g/mol. The molecule has 38 heteroatoms. The Bertz CT molecular complexity index is 4690. The van der Waals surface area contributed by atoms with E-state index in [-0.39, 0.29) is 34.9 Å². The fraction of sp³-hybridized carbons (Fsp3) is 0.373. The van der Waals surface area contributed by atoms with Crippen molar-refractivity contribution in [3.05, 3.63) is 159 Å². The number of carboxylic acids is 2. The number of hydrogen-bond donors (Lipinski definition) is 20. The van der Waals surface area contributed by atoms with Gasteiger partial charge >= 0.3 is 11.9 Å².